The normalized spacial score (nSPS) is 11.5. The zero-order valence-corrected chi connectivity index (χ0v) is 14.7. The number of hydrogen-bond acceptors (Lipinski definition) is 4. The van der Waals surface area contributed by atoms with Gasteiger partial charge in [-0.2, -0.15) is 5.10 Å². The van der Waals surface area contributed by atoms with Gasteiger partial charge in [-0.05, 0) is 39.9 Å². The summed E-state index contributed by atoms with van der Waals surface area (Å²) in [5.74, 6) is 0.525. The fraction of sp³-hybridized carbons (Fsp3) is 0.438. The van der Waals surface area contributed by atoms with E-state index in [-0.39, 0.29) is 12.3 Å². The summed E-state index contributed by atoms with van der Waals surface area (Å²) in [5.41, 5.74) is 4.16. The summed E-state index contributed by atoms with van der Waals surface area (Å²) in [4.78, 5) is 17.1. The van der Waals surface area contributed by atoms with Crippen molar-refractivity contribution in [3.63, 3.8) is 0 Å². The third kappa shape index (κ3) is 5.01. The number of nitrogens with one attached hydrogen (secondary N) is 2. The van der Waals surface area contributed by atoms with E-state index in [0.29, 0.717) is 11.3 Å². The standard InChI is InChI=1S/C16H22N4O2S/c1-11-5-7-12(8-6-11)14-17-18-15(23)20(14)10-9-13(21)19-22-16(2,3)4/h5-8H,9-10H2,1-4H3,(H,18,23)(H,19,21). The van der Waals surface area contributed by atoms with Gasteiger partial charge < -0.3 is 0 Å². The van der Waals surface area contributed by atoms with E-state index in [0.717, 1.165) is 11.4 Å². The van der Waals surface area contributed by atoms with Crippen LogP contribution in [0, 0.1) is 11.7 Å². The molecule has 2 N–H and O–H groups in total. The summed E-state index contributed by atoms with van der Waals surface area (Å²) >= 11 is 5.26. The molecule has 0 spiro atoms. The number of aromatic nitrogens is 3. The minimum Gasteiger partial charge on any atom is -0.300 e. The molecule has 0 fully saturated rings. The summed E-state index contributed by atoms with van der Waals surface area (Å²) in [5, 5.41) is 7.04. The first-order valence-electron chi connectivity index (χ1n) is 7.45. The molecule has 0 bridgehead atoms. The van der Waals surface area contributed by atoms with Crippen molar-refractivity contribution in [2.75, 3.05) is 0 Å². The minimum atomic E-state index is -0.422. The van der Waals surface area contributed by atoms with Gasteiger partial charge in [-0.25, -0.2) is 5.48 Å². The predicted molar refractivity (Wildman–Crippen MR) is 91.2 cm³/mol. The zero-order valence-electron chi connectivity index (χ0n) is 13.8. The fourth-order valence-corrected chi connectivity index (χ4v) is 2.15. The summed E-state index contributed by atoms with van der Waals surface area (Å²) in [6.07, 6.45) is 0.253. The van der Waals surface area contributed by atoms with Crippen LogP contribution in [-0.2, 0) is 16.2 Å². The SMILES string of the molecule is Cc1ccc(-c2n[nH]c(=S)n2CCC(=O)NOC(C)(C)C)cc1. The van der Waals surface area contributed by atoms with Crippen molar-refractivity contribution in [1.29, 1.82) is 0 Å². The molecular formula is C16H22N4O2S. The number of benzene rings is 1. The van der Waals surface area contributed by atoms with Gasteiger partial charge >= 0.3 is 0 Å². The van der Waals surface area contributed by atoms with E-state index in [4.69, 9.17) is 17.1 Å². The van der Waals surface area contributed by atoms with Gasteiger partial charge in [0.15, 0.2) is 10.6 Å². The van der Waals surface area contributed by atoms with Crippen molar-refractivity contribution in [2.45, 2.75) is 46.3 Å². The highest BCUT2D eigenvalue weighted by atomic mass is 32.1. The lowest BCUT2D eigenvalue weighted by Crippen LogP contribution is -2.33. The molecule has 2 rings (SSSR count). The highest BCUT2D eigenvalue weighted by Crippen LogP contribution is 2.18. The maximum absolute atomic E-state index is 11.9. The Kier molecular flexibility index (Phi) is 5.33. The van der Waals surface area contributed by atoms with Crippen LogP contribution in [0.5, 0.6) is 0 Å². The molecule has 1 aromatic carbocycles. The topological polar surface area (TPSA) is 71.9 Å². The first-order valence-corrected chi connectivity index (χ1v) is 7.86. The molecule has 0 saturated heterocycles. The minimum absolute atomic E-state index is 0.196. The van der Waals surface area contributed by atoms with Crippen LogP contribution in [-0.4, -0.2) is 26.3 Å². The largest absolute Gasteiger partial charge is 0.300 e. The Morgan fingerprint density at radius 3 is 2.61 bits per heavy atom. The Morgan fingerprint density at radius 1 is 1.35 bits per heavy atom. The highest BCUT2D eigenvalue weighted by molar-refractivity contribution is 7.71. The Balaban J connectivity index is 2.06. The molecule has 124 valence electrons. The maximum Gasteiger partial charge on any atom is 0.245 e. The lowest BCUT2D eigenvalue weighted by Gasteiger charge is -2.19. The van der Waals surface area contributed by atoms with Gasteiger partial charge in [-0.15, -0.1) is 0 Å². The Bertz CT molecular complexity index is 726. The van der Waals surface area contributed by atoms with Crippen molar-refractivity contribution in [3.8, 4) is 11.4 Å². The smallest absolute Gasteiger partial charge is 0.245 e. The van der Waals surface area contributed by atoms with E-state index in [1.165, 1.54) is 5.56 Å². The van der Waals surface area contributed by atoms with Gasteiger partial charge in [0.2, 0.25) is 5.91 Å². The second kappa shape index (κ2) is 7.06. The Hall–Kier alpha value is -1.99. The number of carbonyl (C=O) groups excluding carboxylic acids is 1. The molecule has 0 aliphatic rings. The molecule has 7 heteroatoms. The molecule has 1 heterocycles. The molecule has 2 aromatic rings. The second-order valence-corrected chi connectivity index (χ2v) is 6.75. The third-order valence-corrected chi connectivity index (χ3v) is 3.41. The summed E-state index contributed by atoms with van der Waals surface area (Å²) in [6.45, 7) is 8.07. The number of aromatic amines is 1. The first-order chi connectivity index (χ1) is 10.8. The van der Waals surface area contributed by atoms with Gasteiger partial charge in [0.05, 0.1) is 5.60 Å². The predicted octanol–water partition coefficient (Wildman–Crippen LogP) is 3.15. The van der Waals surface area contributed by atoms with Crippen molar-refractivity contribution in [3.05, 3.63) is 34.6 Å². The van der Waals surface area contributed by atoms with Crippen molar-refractivity contribution < 1.29 is 9.63 Å². The second-order valence-electron chi connectivity index (χ2n) is 6.36. The molecule has 1 amide bonds. The van der Waals surface area contributed by atoms with Crippen molar-refractivity contribution in [1.82, 2.24) is 20.2 Å². The average molecular weight is 334 g/mol. The van der Waals surface area contributed by atoms with Crippen LogP contribution in [0.2, 0.25) is 0 Å². The van der Waals surface area contributed by atoms with E-state index in [1.807, 2.05) is 56.5 Å². The maximum atomic E-state index is 11.9. The zero-order chi connectivity index (χ0) is 17.0. The molecular weight excluding hydrogens is 312 g/mol. The number of hydroxylamine groups is 1. The molecule has 0 atom stereocenters. The Labute approximate surface area is 140 Å². The fourth-order valence-electron chi connectivity index (χ4n) is 1.92. The number of amides is 1. The van der Waals surface area contributed by atoms with Crippen molar-refractivity contribution in [2.24, 2.45) is 0 Å². The van der Waals surface area contributed by atoms with E-state index < -0.39 is 5.60 Å². The molecule has 1 aromatic heterocycles. The number of aryl methyl sites for hydroxylation is 1. The number of nitrogens with zero attached hydrogens (tertiary/aromatic N) is 2. The molecule has 6 nitrogen and oxygen atoms in total. The van der Waals surface area contributed by atoms with Crippen LogP contribution in [0.1, 0.15) is 32.8 Å². The summed E-state index contributed by atoms with van der Waals surface area (Å²) in [6, 6.07) is 8.00. The molecule has 23 heavy (non-hydrogen) atoms. The lowest BCUT2D eigenvalue weighted by molar-refractivity contribution is -0.145. The van der Waals surface area contributed by atoms with Crippen LogP contribution < -0.4 is 5.48 Å². The average Bonchev–Trinajstić information content (AvgIpc) is 2.84. The Morgan fingerprint density at radius 2 is 2.00 bits per heavy atom. The van der Waals surface area contributed by atoms with Crippen LogP contribution in [0.25, 0.3) is 11.4 Å². The molecule has 0 aliphatic carbocycles. The number of rotatable bonds is 5. The van der Waals surface area contributed by atoms with Crippen LogP contribution in [0.15, 0.2) is 24.3 Å². The highest BCUT2D eigenvalue weighted by Gasteiger charge is 2.14. The van der Waals surface area contributed by atoms with E-state index >= 15 is 0 Å². The van der Waals surface area contributed by atoms with Gasteiger partial charge in [-0.1, -0.05) is 29.8 Å². The van der Waals surface area contributed by atoms with Crippen molar-refractivity contribution >= 4 is 18.1 Å². The summed E-state index contributed by atoms with van der Waals surface area (Å²) < 4.78 is 2.31. The van der Waals surface area contributed by atoms with Gasteiger partial charge in [0, 0.05) is 18.5 Å². The molecule has 0 radical (unpaired) electrons. The van der Waals surface area contributed by atoms with E-state index in [1.54, 1.807) is 0 Å². The number of H-pyrrole nitrogens is 1. The van der Waals surface area contributed by atoms with E-state index in [2.05, 4.69) is 15.7 Å². The first kappa shape index (κ1) is 17.4. The lowest BCUT2D eigenvalue weighted by atomic mass is 10.1. The van der Waals surface area contributed by atoms with Gasteiger partial charge in [0.25, 0.3) is 0 Å². The van der Waals surface area contributed by atoms with Gasteiger partial charge in [-0.3, -0.25) is 19.3 Å². The molecule has 0 unspecified atom stereocenters. The van der Waals surface area contributed by atoms with E-state index in [9.17, 15) is 4.79 Å². The monoisotopic (exact) mass is 334 g/mol. The number of carbonyl (C=O) groups is 1. The molecule has 0 aliphatic heterocycles. The number of hydrogen-bond donors (Lipinski definition) is 2. The van der Waals surface area contributed by atoms with Crippen LogP contribution >= 0.6 is 12.2 Å². The van der Waals surface area contributed by atoms with Crippen LogP contribution in [0.4, 0.5) is 0 Å². The molecule has 0 saturated carbocycles. The van der Waals surface area contributed by atoms with Gasteiger partial charge in [0.1, 0.15) is 0 Å². The summed E-state index contributed by atoms with van der Waals surface area (Å²) in [7, 11) is 0. The van der Waals surface area contributed by atoms with Crippen LogP contribution in [0.3, 0.4) is 0 Å². The third-order valence-electron chi connectivity index (χ3n) is 3.10. The quantitative estimate of drug-likeness (QED) is 0.651.